The molecule has 0 saturated heterocycles. The molecule has 21 heavy (non-hydrogen) atoms. The molecule has 0 bridgehead atoms. The van der Waals surface area contributed by atoms with Gasteiger partial charge in [0.05, 0.1) is 15.9 Å². The van der Waals surface area contributed by atoms with Gasteiger partial charge in [0, 0.05) is 0 Å². The van der Waals surface area contributed by atoms with Crippen LogP contribution in [0.15, 0.2) is 42.7 Å². The molecular weight excluding hydrogens is 286 g/mol. The van der Waals surface area contributed by atoms with E-state index >= 15 is 0 Å². The van der Waals surface area contributed by atoms with Gasteiger partial charge in [-0.05, 0) is 31.2 Å². The predicted octanol–water partition coefficient (Wildman–Crippen LogP) is 4.26. The van der Waals surface area contributed by atoms with E-state index < -0.39 is 0 Å². The summed E-state index contributed by atoms with van der Waals surface area (Å²) in [6.45, 7) is 1.98. The minimum absolute atomic E-state index is 0.290. The van der Waals surface area contributed by atoms with Gasteiger partial charge in [-0.2, -0.15) is 5.26 Å². The fourth-order valence-electron chi connectivity index (χ4n) is 2.03. The zero-order valence-electron chi connectivity index (χ0n) is 11.2. The molecule has 0 aliphatic rings. The topological polar surface area (TPSA) is 58.8 Å². The molecule has 1 heterocycles. The van der Waals surface area contributed by atoms with E-state index in [1.807, 2.05) is 31.2 Å². The lowest BCUT2D eigenvalue weighted by molar-refractivity contribution is 0.466. The maximum atomic E-state index is 9.19. The number of hydrogen-bond donors (Lipinski definition) is 0. The van der Waals surface area contributed by atoms with Crippen LogP contribution in [0.25, 0.3) is 10.9 Å². The van der Waals surface area contributed by atoms with Gasteiger partial charge in [-0.1, -0.05) is 29.3 Å². The van der Waals surface area contributed by atoms with Gasteiger partial charge in [0.15, 0.2) is 0 Å². The average Bonchev–Trinajstić information content (AvgIpc) is 2.48. The van der Waals surface area contributed by atoms with E-state index in [0.29, 0.717) is 22.2 Å². The Balaban J connectivity index is 2.13. The van der Waals surface area contributed by atoms with Crippen molar-refractivity contribution in [3.05, 3.63) is 58.9 Å². The number of rotatable bonds is 2. The highest BCUT2D eigenvalue weighted by Gasteiger charge is 2.11. The third kappa shape index (κ3) is 2.51. The highest BCUT2D eigenvalue weighted by molar-refractivity contribution is 6.31. The Morgan fingerprint density at radius 2 is 2.05 bits per heavy atom. The molecule has 0 spiro atoms. The predicted molar refractivity (Wildman–Crippen MR) is 80.5 cm³/mol. The quantitative estimate of drug-likeness (QED) is 0.709. The van der Waals surface area contributed by atoms with E-state index in [1.165, 1.54) is 6.33 Å². The Morgan fingerprint density at radius 1 is 1.19 bits per heavy atom. The van der Waals surface area contributed by atoms with Crippen LogP contribution in [0.4, 0.5) is 0 Å². The van der Waals surface area contributed by atoms with Crippen molar-refractivity contribution < 1.29 is 4.74 Å². The summed E-state index contributed by atoms with van der Waals surface area (Å²) >= 11 is 6.00. The summed E-state index contributed by atoms with van der Waals surface area (Å²) in [6, 6.07) is 12.9. The van der Waals surface area contributed by atoms with Crippen LogP contribution in [0.5, 0.6) is 11.6 Å². The van der Waals surface area contributed by atoms with E-state index in [0.717, 1.165) is 16.5 Å². The summed E-state index contributed by atoms with van der Waals surface area (Å²) < 4.78 is 5.79. The number of nitrogens with zero attached hydrogens (tertiary/aromatic N) is 3. The summed E-state index contributed by atoms with van der Waals surface area (Å²) in [5.74, 6) is 0.786. The van der Waals surface area contributed by atoms with Gasteiger partial charge < -0.3 is 4.74 Å². The second-order valence-electron chi connectivity index (χ2n) is 4.53. The van der Waals surface area contributed by atoms with Crippen LogP contribution in [0, 0.1) is 18.3 Å². The lowest BCUT2D eigenvalue weighted by Gasteiger charge is -2.09. The number of hydrogen-bond acceptors (Lipinski definition) is 4. The number of fused-ring (bicyclic) bond motifs is 1. The summed E-state index contributed by atoms with van der Waals surface area (Å²) in [4.78, 5) is 8.37. The average molecular weight is 296 g/mol. The van der Waals surface area contributed by atoms with Crippen molar-refractivity contribution in [1.82, 2.24) is 9.97 Å². The maximum Gasteiger partial charge on any atom is 0.230 e. The Kier molecular flexibility index (Phi) is 3.43. The second-order valence-corrected chi connectivity index (χ2v) is 4.93. The standard InChI is InChI=1S/C16H10ClN3O/c1-10-5-6-14-11(7-10)16(20-9-19-14)21-15-4-2-3-13(17)12(15)8-18/h2-7,9H,1H3. The Hall–Kier alpha value is -2.64. The molecule has 0 saturated carbocycles. The molecule has 0 N–H and O–H groups in total. The zero-order valence-corrected chi connectivity index (χ0v) is 11.9. The highest BCUT2D eigenvalue weighted by atomic mass is 35.5. The Labute approximate surface area is 126 Å². The van der Waals surface area contributed by atoms with E-state index in [4.69, 9.17) is 16.3 Å². The number of ether oxygens (including phenoxy) is 1. The first-order valence-electron chi connectivity index (χ1n) is 6.27. The minimum Gasteiger partial charge on any atom is -0.437 e. The first-order valence-corrected chi connectivity index (χ1v) is 6.64. The molecule has 0 fully saturated rings. The van der Waals surface area contributed by atoms with Crippen LogP contribution in [0.1, 0.15) is 11.1 Å². The summed E-state index contributed by atoms with van der Waals surface area (Å²) in [5.41, 5.74) is 2.15. The fourth-order valence-corrected chi connectivity index (χ4v) is 2.24. The summed E-state index contributed by atoms with van der Waals surface area (Å²) in [5, 5.41) is 10.3. The Morgan fingerprint density at radius 3 is 2.86 bits per heavy atom. The van der Waals surface area contributed by atoms with Gasteiger partial charge >= 0.3 is 0 Å². The van der Waals surface area contributed by atoms with Crippen molar-refractivity contribution in [2.45, 2.75) is 6.92 Å². The molecule has 4 nitrogen and oxygen atoms in total. The highest BCUT2D eigenvalue weighted by Crippen LogP contribution is 2.32. The molecule has 0 radical (unpaired) electrons. The van der Waals surface area contributed by atoms with Crippen LogP contribution >= 0.6 is 11.6 Å². The number of benzene rings is 2. The monoisotopic (exact) mass is 295 g/mol. The van der Waals surface area contributed by atoms with Crippen molar-refractivity contribution in [3.63, 3.8) is 0 Å². The van der Waals surface area contributed by atoms with Crippen LogP contribution in [0.2, 0.25) is 5.02 Å². The van der Waals surface area contributed by atoms with Gasteiger partial charge in [-0.3, -0.25) is 0 Å². The molecule has 102 valence electrons. The lowest BCUT2D eigenvalue weighted by atomic mass is 10.1. The number of aromatic nitrogens is 2. The smallest absolute Gasteiger partial charge is 0.230 e. The molecule has 2 aromatic carbocycles. The van der Waals surface area contributed by atoms with Crippen molar-refractivity contribution in [2.75, 3.05) is 0 Å². The second kappa shape index (κ2) is 5.39. The molecular formula is C16H10ClN3O. The molecule has 0 aliphatic heterocycles. The molecule has 3 rings (SSSR count). The maximum absolute atomic E-state index is 9.19. The summed E-state index contributed by atoms with van der Waals surface area (Å²) in [6.07, 6.45) is 1.43. The van der Waals surface area contributed by atoms with Crippen LogP contribution < -0.4 is 4.74 Å². The van der Waals surface area contributed by atoms with Crippen LogP contribution in [0.3, 0.4) is 0 Å². The molecule has 1 aromatic heterocycles. The van der Waals surface area contributed by atoms with E-state index in [1.54, 1.807) is 18.2 Å². The molecule has 3 aromatic rings. The van der Waals surface area contributed by atoms with Crippen molar-refractivity contribution in [3.8, 4) is 17.7 Å². The van der Waals surface area contributed by atoms with Gasteiger partial charge in [0.25, 0.3) is 0 Å². The van der Waals surface area contributed by atoms with Gasteiger partial charge in [-0.25, -0.2) is 9.97 Å². The molecule has 0 atom stereocenters. The fraction of sp³-hybridized carbons (Fsp3) is 0.0625. The Bertz CT molecular complexity index is 871. The zero-order chi connectivity index (χ0) is 14.8. The lowest BCUT2D eigenvalue weighted by Crippen LogP contribution is -1.94. The molecule has 0 unspecified atom stereocenters. The molecule has 0 amide bonds. The van der Waals surface area contributed by atoms with Gasteiger partial charge in [-0.15, -0.1) is 0 Å². The first-order chi connectivity index (χ1) is 10.2. The minimum atomic E-state index is 0.290. The van der Waals surface area contributed by atoms with E-state index in [-0.39, 0.29) is 0 Å². The van der Waals surface area contributed by atoms with E-state index in [9.17, 15) is 5.26 Å². The largest absolute Gasteiger partial charge is 0.437 e. The normalized spacial score (nSPS) is 10.3. The first kappa shape index (κ1) is 13.3. The molecule has 5 heteroatoms. The third-order valence-electron chi connectivity index (χ3n) is 3.05. The molecule has 0 aliphatic carbocycles. The third-order valence-corrected chi connectivity index (χ3v) is 3.36. The number of nitriles is 1. The van der Waals surface area contributed by atoms with Crippen molar-refractivity contribution >= 4 is 22.5 Å². The van der Waals surface area contributed by atoms with Crippen molar-refractivity contribution in [2.24, 2.45) is 0 Å². The SMILES string of the molecule is Cc1ccc2ncnc(Oc3cccc(Cl)c3C#N)c2c1. The number of halogens is 1. The summed E-state index contributed by atoms with van der Waals surface area (Å²) in [7, 11) is 0. The van der Waals surface area contributed by atoms with Gasteiger partial charge in [0.1, 0.15) is 23.7 Å². The van der Waals surface area contributed by atoms with E-state index in [2.05, 4.69) is 9.97 Å². The van der Waals surface area contributed by atoms with Crippen molar-refractivity contribution in [1.29, 1.82) is 5.26 Å². The van der Waals surface area contributed by atoms with Crippen LogP contribution in [-0.4, -0.2) is 9.97 Å². The number of aryl methyl sites for hydroxylation is 1. The van der Waals surface area contributed by atoms with Crippen LogP contribution in [-0.2, 0) is 0 Å². The van der Waals surface area contributed by atoms with Gasteiger partial charge in [0.2, 0.25) is 5.88 Å².